The molecule has 1 atom stereocenters. The van der Waals surface area contributed by atoms with E-state index >= 15 is 0 Å². The Balaban J connectivity index is 1.50. The molecule has 1 aliphatic heterocycles. The summed E-state index contributed by atoms with van der Waals surface area (Å²) in [4.78, 5) is 30.9. The van der Waals surface area contributed by atoms with Gasteiger partial charge in [0.05, 0.1) is 6.04 Å². The predicted molar refractivity (Wildman–Crippen MR) is 127 cm³/mol. The second kappa shape index (κ2) is 9.94. The van der Waals surface area contributed by atoms with Crippen LogP contribution in [0.25, 0.3) is 0 Å². The minimum absolute atomic E-state index is 0.0111. The van der Waals surface area contributed by atoms with Gasteiger partial charge in [0.1, 0.15) is 18.9 Å². The van der Waals surface area contributed by atoms with Gasteiger partial charge in [0.25, 0.3) is 0 Å². The molecule has 3 amide bonds. The van der Waals surface area contributed by atoms with E-state index in [4.69, 9.17) is 4.74 Å². The van der Waals surface area contributed by atoms with Crippen LogP contribution in [0.4, 0.5) is 4.79 Å². The number of aryl methyl sites for hydroxylation is 2. The number of nitrogens with zero attached hydrogens (tertiary/aromatic N) is 2. The molecule has 2 aromatic rings. The lowest BCUT2D eigenvalue weighted by Gasteiger charge is -2.37. The van der Waals surface area contributed by atoms with Crippen molar-refractivity contribution in [3.05, 3.63) is 51.2 Å². The molecule has 1 N–H and O–H groups in total. The van der Waals surface area contributed by atoms with Crippen molar-refractivity contribution in [3.8, 4) is 5.75 Å². The van der Waals surface area contributed by atoms with Gasteiger partial charge in [-0.05, 0) is 74.6 Å². The van der Waals surface area contributed by atoms with E-state index in [2.05, 4.69) is 29.8 Å². The molecule has 1 aromatic carbocycles. The highest BCUT2D eigenvalue weighted by atomic mass is 32.1. The van der Waals surface area contributed by atoms with E-state index in [0.29, 0.717) is 32.2 Å². The van der Waals surface area contributed by atoms with Gasteiger partial charge >= 0.3 is 6.03 Å². The average molecular weight is 456 g/mol. The van der Waals surface area contributed by atoms with E-state index in [1.54, 1.807) is 16.2 Å². The van der Waals surface area contributed by atoms with E-state index in [1.165, 1.54) is 16.0 Å². The molecule has 0 saturated heterocycles. The Morgan fingerprint density at radius 3 is 2.78 bits per heavy atom. The van der Waals surface area contributed by atoms with E-state index in [9.17, 15) is 9.59 Å². The highest BCUT2D eigenvalue weighted by Gasteiger charge is 2.35. The van der Waals surface area contributed by atoms with Crippen LogP contribution in [-0.4, -0.2) is 54.5 Å². The number of carbonyl (C=O) groups is 2. The molecule has 2 heterocycles. The molecule has 1 fully saturated rings. The fraction of sp³-hybridized carbons (Fsp3) is 0.520. The lowest BCUT2D eigenvalue weighted by Crippen LogP contribution is -2.50. The highest BCUT2D eigenvalue weighted by molar-refractivity contribution is 7.10. The number of nitrogens with one attached hydrogen (secondary N) is 1. The third kappa shape index (κ3) is 5.26. The van der Waals surface area contributed by atoms with Crippen LogP contribution in [0, 0.1) is 19.8 Å². The molecular formula is C25H33N3O3S. The summed E-state index contributed by atoms with van der Waals surface area (Å²) in [6.07, 6.45) is 3.12. The summed E-state index contributed by atoms with van der Waals surface area (Å²) < 4.78 is 6.22. The molecule has 32 heavy (non-hydrogen) atoms. The number of amides is 3. The van der Waals surface area contributed by atoms with Crippen molar-refractivity contribution in [2.24, 2.45) is 5.92 Å². The van der Waals surface area contributed by atoms with Crippen LogP contribution >= 0.6 is 11.3 Å². The van der Waals surface area contributed by atoms with Crippen molar-refractivity contribution in [3.63, 3.8) is 0 Å². The second-order valence-corrected chi connectivity index (χ2v) is 9.89. The van der Waals surface area contributed by atoms with Crippen molar-refractivity contribution in [1.29, 1.82) is 0 Å². The molecule has 1 aromatic heterocycles. The van der Waals surface area contributed by atoms with E-state index in [-0.39, 0.29) is 24.5 Å². The highest BCUT2D eigenvalue weighted by Crippen LogP contribution is 2.35. The lowest BCUT2D eigenvalue weighted by atomic mass is 10.00. The van der Waals surface area contributed by atoms with Gasteiger partial charge in [-0.3, -0.25) is 4.79 Å². The van der Waals surface area contributed by atoms with Crippen molar-refractivity contribution in [2.75, 3.05) is 32.8 Å². The van der Waals surface area contributed by atoms with E-state index < -0.39 is 0 Å². The molecule has 0 radical (unpaired) electrons. The minimum Gasteiger partial charge on any atom is -0.491 e. The SMILES string of the molecule is CCNC(=O)N(CC(=O)N1CCc2sccc2C1COc1ccc(C)cc1C)CC1CC1. The van der Waals surface area contributed by atoms with Crippen molar-refractivity contribution in [2.45, 2.75) is 46.1 Å². The van der Waals surface area contributed by atoms with Gasteiger partial charge in [-0.15, -0.1) is 11.3 Å². The number of carbonyl (C=O) groups excluding carboxylic acids is 2. The zero-order valence-electron chi connectivity index (χ0n) is 19.2. The van der Waals surface area contributed by atoms with Gasteiger partial charge < -0.3 is 19.9 Å². The standard InChI is InChI=1S/C25H33N3O3S/c1-4-26-25(30)27(14-19-6-7-19)15-24(29)28-11-9-23-20(10-12-32-23)21(28)16-31-22-8-5-17(2)13-18(22)3/h5,8,10,12-13,19,21H,4,6-7,9,11,14-16H2,1-3H3,(H,26,30). The first-order valence-corrected chi connectivity index (χ1v) is 12.4. The third-order valence-electron chi connectivity index (χ3n) is 6.26. The molecule has 0 bridgehead atoms. The van der Waals surface area contributed by atoms with Crippen molar-refractivity contribution in [1.82, 2.24) is 15.1 Å². The van der Waals surface area contributed by atoms with Crippen LogP contribution in [0.5, 0.6) is 5.75 Å². The summed E-state index contributed by atoms with van der Waals surface area (Å²) in [5.74, 6) is 1.37. The quantitative estimate of drug-likeness (QED) is 0.645. The molecule has 0 spiro atoms. The smallest absolute Gasteiger partial charge is 0.317 e. The van der Waals surface area contributed by atoms with Gasteiger partial charge in [0, 0.05) is 24.5 Å². The zero-order chi connectivity index (χ0) is 22.7. The normalized spacial score (nSPS) is 17.6. The van der Waals surface area contributed by atoms with Gasteiger partial charge in [-0.25, -0.2) is 4.79 Å². The first kappa shape index (κ1) is 22.6. The number of hydrogen-bond donors (Lipinski definition) is 1. The number of hydrogen-bond acceptors (Lipinski definition) is 4. The first-order chi connectivity index (χ1) is 15.5. The summed E-state index contributed by atoms with van der Waals surface area (Å²) >= 11 is 1.74. The summed E-state index contributed by atoms with van der Waals surface area (Å²) in [6, 6.07) is 7.97. The fourth-order valence-corrected chi connectivity index (χ4v) is 5.28. The third-order valence-corrected chi connectivity index (χ3v) is 7.26. The Morgan fingerprint density at radius 1 is 1.25 bits per heavy atom. The first-order valence-electron chi connectivity index (χ1n) is 11.5. The second-order valence-electron chi connectivity index (χ2n) is 8.89. The number of urea groups is 1. The van der Waals surface area contributed by atoms with Gasteiger partial charge in [-0.2, -0.15) is 0 Å². The average Bonchev–Trinajstić information content (AvgIpc) is 3.45. The minimum atomic E-state index is -0.149. The maximum absolute atomic E-state index is 13.4. The fourth-order valence-electron chi connectivity index (χ4n) is 4.35. The lowest BCUT2D eigenvalue weighted by molar-refractivity contribution is -0.135. The van der Waals surface area contributed by atoms with Gasteiger partial charge in [0.2, 0.25) is 5.91 Å². The molecule has 1 aliphatic carbocycles. The Labute approximate surface area is 194 Å². The maximum Gasteiger partial charge on any atom is 0.317 e. The van der Waals surface area contributed by atoms with Crippen molar-refractivity contribution >= 4 is 23.3 Å². The maximum atomic E-state index is 13.4. The van der Waals surface area contributed by atoms with E-state index in [0.717, 1.165) is 30.6 Å². The molecular weight excluding hydrogens is 422 g/mol. The number of ether oxygens (including phenoxy) is 1. The van der Waals surface area contributed by atoms with Gasteiger partial charge in [0.15, 0.2) is 0 Å². The molecule has 6 nitrogen and oxygen atoms in total. The summed E-state index contributed by atoms with van der Waals surface area (Å²) in [5.41, 5.74) is 3.47. The Bertz CT molecular complexity index is 969. The van der Waals surface area contributed by atoms with E-state index in [1.807, 2.05) is 30.9 Å². The van der Waals surface area contributed by atoms with Crippen molar-refractivity contribution < 1.29 is 14.3 Å². The number of benzene rings is 1. The molecule has 172 valence electrons. The summed E-state index contributed by atoms with van der Waals surface area (Å²) in [6.45, 7) is 8.40. The number of thiophene rings is 1. The number of fused-ring (bicyclic) bond motifs is 1. The Hall–Kier alpha value is -2.54. The molecule has 4 rings (SSSR count). The monoisotopic (exact) mass is 455 g/mol. The topological polar surface area (TPSA) is 61.9 Å². The molecule has 1 saturated carbocycles. The Morgan fingerprint density at radius 2 is 2.06 bits per heavy atom. The van der Waals surface area contributed by atoms with Gasteiger partial charge in [-0.1, -0.05) is 17.7 Å². The number of rotatable bonds is 8. The summed E-state index contributed by atoms with van der Waals surface area (Å²) in [7, 11) is 0. The van der Waals surface area contributed by atoms with Crippen LogP contribution in [0.2, 0.25) is 0 Å². The van der Waals surface area contributed by atoms with Crippen LogP contribution in [0.15, 0.2) is 29.6 Å². The van der Waals surface area contributed by atoms with Crippen LogP contribution in [0.3, 0.4) is 0 Å². The van der Waals surface area contributed by atoms with Crippen LogP contribution in [-0.2, 0) is 11.2 Å². The molecule has 1 unspecified atom stereocenters. The predicted octanol–water partition coefficient (Wildman–Crippen LogP) is 4.31. The zero-order valence-corrected chi connectivity index (χ0v) is 20.0. The van der Waals surface area contributed by atoms with Crippen LogP contribution < -0.4 is 10.1 Å². The molecule has 2 aliphatic rings. The summed E-state index contributed by atoms with van der Waals surface area (Å²) in [5, 5.41) is 4.95. The Kier molecular flexibility index (Phi) is 7.04. The molecule has 7 heteroatoms. The largest absolute Gasteiger partial charge is 0.491 e. The van der Waals surface area contributed by atoms with Crippen LogP contribution in [0.1, 0.15) is 47.4 Å².